The van der Waals surface area contributed by atoms with Crippen molar-refractivity contribution in [3.05, 3.63) is 217 Å². The fourth-order valence-corrected chi connectivity index (χ4v) is 8.42. The number of amidine groups is 2. The van der Waals surface area contributed by atoms with Crippen molar-refractivity contribution in [2.45, 2.75) is 25.9 Å². The third kappa shape index (κ3) is 7.59. The van der Waals surface area contributed by atoms with Crippen LogP contribution in [0.4, 0.5) is 0 Å². The predicted octanol–water partition coefficient (Wildman–Crippen LogP) is 13.2. The zero-order chi connectivity index (χ0) is 41.8. The summed E-state index contributed by atoms with van der Waals surface area (Å²) in [6.45, 7) is 2.02. The molecule has 3 heterocycles. The molecule has 300 valence electrons. The van der Waals surface area contributed by atoms with E-state index in [1.807, 2.05) is 62.6 Å². The topological polar surface area (TPSA) is 74.8 Å². The molecule has 62 heavy (non-hydrogen) atoms. The highest BCUT2D eigenvalue weighted by molar-refractivity contribution is 6.17. The summed E-state index contributed by atoms with van der Waals surface area (Å²) in [5.41, 5.74) is 15.5. The van der Waals surface area contributed by atoms with Crippen LogP contribution in [-0.4, -0.2) is 29.9 Å². The Morgan fingerprint density at radius 1 is 0.694 bits per heavy atom. The molecule has 0 fully saturated rings. The third-order valence-corrected chi connectivity index (χ3v) is 11.6. The fourth-order valence-electron chi connectivity index (χ4n) is 8.42. The fraction of sp³-hybridized carbons (Fsp3) is 0.0893. The standard InChI is InChI=1S/C56H45N5O/c1-3-4-22-49(57-2)39-29-25-37(26-30-39)45-35-47(38-27-31-40(32-28-38)50-23-11-12-33-58-50)53-48(36-45)52-46(21-14-24-51(52)62-53)43-19-13-20-44(34-43)56-60-54(41-15-7-5-8-16-41)59-55(61-56)42-17-9-6-10-18-42/h3-5,7-9,11-36,55,57H,6,10H2,1-2H3,(H,59,60,61)/b4-3-,49-22-. The van der Waals surface area contributed by atoms with E-state index in [9.17, 15) is 0 Å². The summed E-state index contributed by atoms with van der Waals surface area (Å²) in [6, 6.07) is 53.2. The highest BCUT2D eigenvalue weighted by atomic mass is 16.3. The molecule has 2 aliphatic rings. The number of allylic oxidation sites excluding steroid dienone is 5. The van der Waals surface area contributed by atoms with E-state index in [1.165, 1.54) is 0 Å². The number of pyridine rings is 1. The Labute approximate surface area is 362 Å². The first-order chi connectivity index (χ1) is 30.6. The number of hydrogen-bond acceptors (Lipinski definition) is 6. The minimum atomic E-state index is -0.239. The van der Waals surface area contributed by atoms with E-state index >= 15 is 0 Å². The maximum absolute atomic E-state index is 6.90. The van der Waals surface area contributed by atoms with Crippen molar-refractivity contribution in [2.75, 3.05) is 7.05 Å². The number of benzene rings is 6. The molecule has 1 aliphatic heterocycles. The maximum Gasteiger partial charge on any atom is 0.159 e. The van der Waals surface area contributed by atoms with Gasteiger partial charge in [0, 0.05) is 52.0 Å². The second-order valence-corrected chi connectivity index (χ2v) is 15.5. The number of fused-ring (bicyclic) bond motifs is 3. The highest BCUT2D eigenvalue weighted by Crippen LogP contribution is 2.43. The van der Waals surface area contributed by atoms with Crippen LogP contribution in [0.5, 0.6) is 0 Å². The molecule has 0 amide bonds. The lowest BCUT2D eigenvalue weighted by molar-refractivity contribution is 0.670. The maximum atomic E-state index is 6.90. The molecule has 2 aromatic heterocycles. The quantitative estimate of drug-likeness (QED) is 0.135. The van der Waals surface area contributed by atoms with Crippen LogP contribution < -0.4 is 10.6 Å². The Kier molecular flexibility index (Phi) is 10.5. The number of furan rings is 1. The number of aromatic nitrogens is 1. The van der Waals surface area contributed by atoms with Crippen molar-refractivity contribution >= 4 is 39.3 Å². The van der Waals surface area contributed by atoms with Crippen LogP contribution in [0, 0.1) is 0 Å². The molecule has 10 rings (SSSR count). The van der Waals surface area contributed by atoms with Crippen molar-refractivity contribution in [3.63, 3.8) is 0 Å². The Morgan fingerprint density at radius 2 is 1.47 bits per heavy atom. The van der Waals surface area contributed by atoms with Crippen molar-refractivity contribution in [1.29, 1.82) is 0 Å². The number of hydrogen-bond donors (Lipinski definition) is 2. The minimum Gasteiger partial charge on any atom is -0.455 e. The van der Waals surface area contributed by atoms with Crippen LogP contribution in [-0.2, 0) is 0 Å². The second-order valence-electron chi connectivity index (χ2n) is 15.5. The first-order valence-electron chi connectivity index (χ1n) is 21.2. The Bertz CT molecular complexity index is 3110. The summed E-state index contributed by atoms with van der Waals surface area (Å²) in [5, 5.41) is 9.14. The molecule has 6 aromatic carbocycles. The Morgan fingerprint density at radius 3 is 2.24 bits per heavy atom. The molecule has 1 atom stereocenters. The van der Waals surface area contributed by atoms with E-state index in [4.69, 9.17) is 14.4 Å². The molecule has 0 radical (unpaired) electrons. The summed E-state index contributed by atoms with van der Waals surface area (Å²) < 4.78 is 6.90. The van der Waals surface area contributed by atoms with Gasteiger partial charge in [-0.3, -0.25) is 4.98 Å². The summed E-state index contributed by atoms with van der Waals surface area (Å²) in [6.07, 6.45) is 16.5. The summed E-state index contributed by atoms with van der Waals surface area (Å²) in [7, 11) is 1.96. The lowest BCUT2D eigenvalue weighted by Gasteiger charge is -2.25. The van der Waals surface area contributed by atoms with Crippen LogP contribution in [0.1, 0.15) is 36.5 Å². The molecule has 0 saturated heterocycles. The first kappa shape index (κ1) is 38.4. The van der Waals surface area contributed by atoms with E-state index in [0.717, 1.165) is 119 Å². The molecule has 6 heteroatoms. The second kappa shape index (κ2) is 17.0. The molecular formula is C56H45N5O. The van der Waals surface area contributed by atoms with Gasteiger partial charge < -0.3 is 15.1 Å². The largest absolute Gasteiger partial charge is 0.455 e. The van der Waals surface area contributed by atoms with Gasteiger partial charge in [-0.05, 0) is 101 Å². The average Bonchev–Trinajstić information content (AvgIpc) is 3.74. The van der Waals surface area contributed by atoms with Crippen LogP contribution in [0.3, 0.4) is 0 Å². The van der Waals surface area contributed by atoms with Crippen molar-refractivity contribution in [2.24, 2.45) is 9.98 Å². The van der Waals surface area contributed by atoms with Gasteiger partial charge in [0.2, 0.25) is 0 Å². The number of nitrogens with zero attached hydrogens (tertiary/aromatic N) is 3. The normalized spacial score (nSPS) is 15.4. The van der Waals surface area contributed by atoms with E-state index < -0.39 is 0 Å². The number of rotatable bonds is 10. The van der Waals surface area contributed by atoms with Crippen LogP contribution >= 0.6 is 0 Å². The van der Waals surface area contributed by atoms with Crippen LogP contribution in [0.25, 0.3) is 72.3 Å². The Hall–Kier alpha value is -7.83. The van der Waals surface area contributed by atoms with Gasteiger partial charge in [-0.25, -0.2) is 9.98 Å². The van der Waals surface area contributed by atoms with Gasteiger partial charge in [0.25, 0.3) is 0 Å². The molecule has 6 nitrogen and oxygen atoms in total. The molecule has 1 aliphatic carbocycles. The summed E-state index contributed by atoms with van der Waals surface area (Å²) >= 11 is 0. The molecular weight excluding hydrogens is 759 g/mol. The Balaban J connectivity index is 1.11. The monoisotopic (exact) mass is 803 g/mol. The first-order valence-corrected chi connectivity index (χ1v) is 21.2. The molecule has 0 bridgehead atoms. The number of nitrogens with one attached hydrogen (secondary N) is 2. The molecule has 1 unspecified atom stereocenters. The molecule has 8 aromatic rings. The number of aliphatic imine (C=N–C) groups is 2. The van der Waals surface area contributed by atoms with Gasteiger partial charge in [0.15, 0.2) is 5.84 Å². The average molecular weight is 804 g/mol. The van der Waals surface area contributed by atoms with E-state index in [1.54, 1.807) is 0 Å². The van der Waals surface area contributed by atoms with Crippen molar-refractivity contribution in [3.8, 4) is 44.6 Å². The van der Waals surface area contributed by atoms with Gasteiger partial charge in [0.1, 0.15) is 23.2 Å². The van der Waals surface area contributed by atoms with Gasteiger partial charge >= 0.3 is 0 Å². The minimum absolute atomic E-state index is 0.239. The third-order valence-electron chi connectivity index (χ3n) is 11.6. The zero-order valence-electron chi connectivity index (χ0n) is 34.7. The van der Waals surface area contributed by atoms with Gasteiger partial charge in [-0.15, -0.1) is 0 Å². The predicted molar refractivity (Wildman–Crippen MR) is 258 cm³/mol. The van der Waals surface area contributed by atoms with Crippen molar-refractivity contribution in [1.82, 2.24) is 15.6 Å². The van der Waals surface area contributed by atoms with Crippen LogP contribution in [0.15, 0.2) is 214 Å². The SMILES string of the molecule is C/C=C\C=C(/NC)c1ccc(-c2cc(-c3ccc(-c4ccccn4)cc3)c3oc4cccc(-c5cccc(C6=NC(c7ccccc7)=NC(C7=CCCC=C7)N6)c5)c4c3c2)cc1. The van der Waals surface area contributed by atoms with Crippen molar-refractivity contribution < 1.29 is 4.42 Å². The molecule has 0 spiro atoms. The van der Waals surface area contributed by atoms with Gasteiger partial charge in [-0.2, -0.15) is 0 Å². The zero-order valence-corrected chi connectivity index (χ0v) is 34.7. The van der Waals surface area contributed by atoms with E-state index in [0.29, 0.717) is 0 Å². The summed E-state index contributed by atoms with van der Waals surface area (Å²) in [4.78, 5) is 14.8. The molecule has 0 saturated carbocycles. The van der Waals surface area contributed by atoms with E-state index in [2.05, 4.69) is 161 Å². The highest BCUT2D eigenvalue weighted by Gasteiger charge is 2.24. The van der Waals surface area contributed by atoms with E-state index in [-0.39, 0.29) is 6.17 Å². The smallest absolute Gasteiger partial charge is 0.159 e. The lowest BCUT2D eigenvalue weighted by atomic mass is 9.92. The van der Waals surface area contributed by atoms with Gasteiger partial charge in [-0.1, -0.05) is 146 Å². The van der Waals surface area contributed by atoms with Crippen LogP contribution in [0.2, 0.25) is 0 Å². The lowest BCUT2D eigenvalue weighted by Crippen LogP contribution is -2.40. The summed E-state index contributed by atoms with van der Waals surface area (Å²) in [5.74, 6) is 1.51. The van der Waals surface area contributed by atoms with Gasteiger partial charge in [0.05, 0.1) is 5.69 Å². The molecule has 2 N–H and O–H groups in total.